The number of aliphatic hydroxyl groups is 1. The summed E-state index contributed by atoms with van der Waals surface area (Å²) in [5.41, 5.74) is 0.952. The molecule has 2 aromatic rings. The number of rotatable bonds is 4. The predicted molar refractivity (Wildman–Crippen MR) is 86.6 cm³/mol. The average molecular weight is 314 g/mol. The molecule has 0 saturated carbocycles. The number of carbonyl (C=O) groups is 1. The molecule has 2 amide bonds. The molecule has 1 unspecified atom stereocenters. The van der Waals surface area contributed by atoms with Crippen molar-refractivity contribution in [3.8, 4) is 0 Å². The van der Waals surface area contributed by atoms with Crippen LogP contribution in [0.5, 0.6) is 0 Å². The summed E-state index contributed by atoms with van der Waals surface area (Å²) >= 11 is 0. The average Bonchev–Trinajstić information content (AvgIpc) is 3.13. The summed E-state index contributed by atoms with van der Waals surface area (Å²) in [6.07, 6.45) is 2.76. The van der Waals surface area contributed by atoms with Crippen molar-refractivity contribution in [2.24, 2.45) is 5.92 Å². The Morgan fingerprint density at radius 3 is 2.61 bits per heavy atom. The van der Waals surface area contributed by atoms with Gasteiger partial charge in [0.1, 0.15) is 5.76 Å². The van der Waals surface area contributed by atoms with Crippen LogP contribution in [0.4, 0.5) is 4.79 Å². The second kappa shape index (κ2) is 7.33. The van der Waals surface area contributed by atoms with Gasteiger partial charge < -0.3 is 19.7 Å². The number of hydrogen-bond donors (Lipinski definition) is 2. The lowest BCUT2D eigenvalue weighted by molar-refractivity contribution is 0.0664. The first-order valence-electron chi connectivity index (χ1n) is 8.02. The number of nitrogens with zero attached hydrogens (tertiary/aromatic N) is 1. The smallest absolute Gasteiger partial charge is 0.317 e. The number of hydrogen-bond acceptors (Lipinski definition) is 3. The number of likely N-dealkylation sites (tertiary alicyclic amines) is 1. The Hall–Kier alpha value is -2.27. The number of aliphatic hydroxyl groups excluding tert-OH is 1. The molecule has 1 aliphatic heterocycles. The molecular weight excluding hydrogens is 292 g/mol. The van der Waals surface area contributed by atoms with Crippen molar-refractivity contribution in [1.82, 2.24) is 10.2 Å². The van der Waals surface area contributed by atoms with E-state index < -0.39 is 6.10 Å². The van der Waals surface area contributed by atoms with Gasteiger partial charge in [-0.3, -0.25) is 0 Å². The Morgan fingerprint density at radius 2 is 1.96 bits per heavy atom. The summed E-state index contributed by atoms with van der Waals surface area (Å²) in [7, 11) is 0. The van der Waals surface area contributed by atoms with Crippen molar-refractivity contribution >= 4 is 6.03 Å². The maximum absolute atomic E-state index is 12.2. The summed E-state index contributed by atoms with van der Waals surface area (Å²) < 4.78 is 5.20. The van der Waals surface area contributed by atoms with Crippen LogP contribution in [0.15, 0.2) is 53.1 Å². The standard InChI is InChI=1S/C18H22N2O3/c21-17(14-5-2-1-3-6-14)15-8-10-20(11-9-15)18(22)19-13-16-7-4-12-23-16/h1-7,12,15,17,21H,8-11,13H2,(H,19,22). The second-order valence-corrected chi connectivity index (χ2v) is 5.92. The molecule has 1 aromatic heterocycles. The first-order valence-corrected chi connectivity index (χ1v) is 8.02. The van der Waals surface area contributed by atoms with E-state index in [2.05, 4.69) is 5.32 Å². The largest absolute Gasteiger partial charge is 0.467 e. The zero-order valence-electron chi connectivity index (χ0n) is 13.0. The lowest BCUT2D eigenvalue weighted by atomic mass is 9.87. The first-order chi connectivity index (χ1) is 11.2. The van der Waals surface area contributed by atoms with E-state index in [-0.39, 0.29) is 11.9 Å². The Kier molecular flexibility index (Phi) is 4.98. The number of amides is 2. The minimum atomic E-state index is -0.454. The van der Waals surface area contributed by atoms with E-state index in [0.717, 1.165) is 24.2 Å². The zero-order valence-corrected chi connectivity index (χ0v) is 13.0. The van der Waals surface area contributed by atoms with Crippen molar-refractivity contribution in [1.29, 1.82) is 0 Å². The molecule has 0 radical (unpaired) electrons. The number of piperidine rings is 1. The summed E-state index contributed by atoms with van der Waals surface area (Å²) in [5.74, 6) is 0.944. The molecule has 23 heavy (non-hydrogen) atoms. The molecule has 1 aliphatic rings. The van der Waals surface area contributed by atoms with E-state index in [4.69, 9.17) is 4.42 Å². The van der Waals surface area contributed by atoms with Crippen LogP contribution in [0.25, 0.3) is 0 Å². The van der Waals surface area contributed by atoms with Crippen LogP contribution >= 0.6 is 0 Å². The second-order valence-electron chi connectivity index (χ2n) is 5.92. The molecule has 1 fully saturated rings. The Balaban J connectivity index is 1.47. The summed E-state index contributed by atoms with van der Waals surface area (Å²) in [6, 6.07) is 13.3. The predicted octanol–water partition coefficient (Wildman–Crippen LogP) is 2.93. The molecular formula is C18H22N2O3. The molecule has 2 heterocycles. The number of nitrogens with one attached hydrogen (secondary N) is 1. The van der Waals surface area contributed by atoms with E-state index in [1.807, 2.05) is 36.4 Å². The maximum Gasteiger partial charge on any atom is 0.317 e. The number of urea groups is 1. The maximum atomic E-state index is 12.2. The van der Waals surface area contributed by atoms with E-state index in [9.17, 15) is 9.90 Å². The third-order valence-electron chi connectivity index (χ3n) is 4.41. The fourth-order valence-electron chi connectivity index (χ4n) is 3.03. The van der Waals surface area contributed by atoms with Crippen molar-refractivity contribution in [3.05, 3.63) is 60.1 Å². The van der Waals surface area contributed by atoms with E-state index in [0.29, 0.717) is 19.6 Å². The quantitative estimate of drug-likeness (QED) is 0.912. The third kappa shape index (κ3) is 3.93. The molecule has 1 saturated heterocycles. The summed E-state index contributed by atoms with van der Waals surface area (Å²) in [6.45, 7) is 1.73. The monoisotopic (exact) mass is 314 g/mol. The minimum absolute atomic E-state index is 0.0750. The van der Waals surface area contributed by atoms with Crippen molar-refractivity contribution < 1.29 is 14.3 Å². The van der Waals surface area contributed by atoms with E-state index >= 15 is 0 Å². The Bertz CT molecular complexity index is 604. The van der Waals surface area contributed by atoms with Crippen LogP contribution in [0, 0.1) is 5.92 Å². The fourth-order valence-corrected chi connectivity index (χ4v) is 3.03. The highest BCUT2D eigenvalue weighted by Gasteiger charge is 2.28. The number of benzene rings is 1. The van der Waals surface area contributed by atoms with Crippen LogP contribution in [0.3, 0.4) is 0 Å². The van der Waals surface area contributed by atoms with E-state index in [1.54, 1.807) is 17.2 Å². The molecule has 122 valence electrons. The van der Waals surface area contributed by atoms with Gasteiger partial charge in [-0.1, -0.05) is 30.3 Å². The van der Waals surface area contributed by atoms with Gasteiger partial charge in [0.05, 0.1) is 18.9 Å². The lowest BCUT2D eigenvalue weighted by Gasteiger charge is -2.34. The van der Waals surface area contributed by atoms with Gasteiger partial charge in [0, 0.05) is 13.1 Å². The number of furan rings is 1. The van der Waals surface area contributed by atoms with Crippen molar-refractivity contribution in [3.63, 3.8) is 0 Å². The first kappa shape index (κ1) is 15.6. The van der Waals surface area contributed by atoms with Gasteiger partial charge in [-0.15, -0.1) is 0 Å². The van der Waals surface area contributed by atoms with Crippen LogP contribution in [0.1, 0.15) is 30.3 Å². The van der Waals surface area contributed by atoms with Gasteiger partial charge >= 0.3 is 6.03 Å². The van der Waals surface area contributed by atoms with Crippen LogP contribution < -0.4 is 5.32 Å². The van der Waals surface area contributed by atoms with Gasteiger partial charge in [0.25, 0.3) is 0 Å². The highest BCUT2D eigenvalue weighted by Crippen LogP contribution is 2.30. The molecule has 2 N–H and O–H groups in total. The highest BCUT2D eigenvalue weighted by atomic mass is 16.3. The third-order valence-corrected chi connectivity index (χ3v) is 4.41. The molecule has 5 heteroatoms. The molecule has 0 bridgehead atoms. The van der Waals surface area contributed by atoms with Gasteiger partial charge in [-0.25, -0.2) is 4.79 Å². The van der Waals surface area contributed by atoms with Crippen LogP contribution in [-0.4, -0.2) is 29.1 Å². The minimum Gasteiger partial charge on any atom is -0.467 e. The van der Waals surface area contributed by atoms with Crippen molar-refractivity contribution in [2.45, 2.75) is 25.5 Å². The van der Waals surface area contributed by atoms with Gasteiger partial charge in [0.15, 0.2) is 0 Å². The van der Waals surface area contributed by atoms with E-state index in [1.165, 1.54) is 0 Å². The molecule has 1 atom stereocenters. The van der Waals surface area contributed by atoms with Crippen LogP contribution in [-0.2, 0) is 6.54 Å². The molecule has 0 spiro atoms. The molecule has 5 nitrogen and oxygen atoms in total. The topological polar surface area (TPSA) is 65.7 Å². The molecule has 0 aliphatic carbocycles. The molecule has 3 rings (SSSR count). The SMILES string of the molecule is O=C(NCc1ccco1)N1CCC(C(O)c2ccccc2)CC1. The summed E-state index contributed by atoms with van der Waals surface area (Å²) in [4.78, 5) is 14.0. The van der Waals surface area contributed by atoms with Gasteiger partial charge in [0.2, 0.25) is 0 Å². The normalized spacial score (nSPS) is 17.0. The fraction of sp³-hybridized carbons (Fsp3) is 0.389. The van der Waals surface area contributed by atoms with Crippen LogP contribution in [0.2, 0.25) is 0 Å². The zero-order chi connectivity index (χ0) is 16.1. The Morgan fingerprint density at radius 1 is 1.22 bits per heavy atom. The lowest BCUT2D eigenvalue weighted by Crippen LogP contribution is -2.44. The van der Waals surface area contributed by atoms with Gasteiger partial charge in [-0.05, 0) is 36.5 Å². The van der Waals surface area contributed by atoms with Gasteiger partial charge in [-0.2, -0.15) is 0 Å². The molecule has 1 aromatic carbocycles. The Labute approximate surface area is 135 Å². The van der Waals surface area contributed by atoms with Crippen molar-refractivity contribution in [2.75, 3.05) is 13.1 Å². The number of carbonyl (C=O) groups excluding carboxylic acids is 1. The summed E-state index contributed by atoms with van der Waals surface area (Å²) in [5, 5.41) is 13.3. The highest BCUT2D eigenvalue weighted by molar-refractivity contribution is 5.74.